The van der Waals surface area contributed by atoms with Gasteiger partial charge in [-0.15, -0.1) is 0 Å². The predicted octanol–water partition coefficient (Wildman–Crippen LogP) is 2.60. The molecule has 2 aromatic carbocycles. The van der Waals surface area contributed by atoms with E-state index in [2.05, 4.69) is 29.7 Å². The third-order valence-electron chi connectivity index (χ3n) is 11.2. The summed E-state index contributed by atoms with van der Waals surface area (Å²) in [4.78, 5) is 10.8. The quantitative estimate of drug-likeness (QED) is 0.0467. The number of carbonyl (C=O) groups excluding carboxylic acids is 1. The van der Waals surface area contributed by atoms with Crippen LogP contribution in [0.15, 0.2) is 48.5 Å². The molecule has 4 atom stereocenters. The van der Waals surface area contributed by atoms with E-state index in [4.69, 9.17) is 9.47 Å². The van der Waals surface area contributed by atoms with Crippen molar-refractivity contribution >= 4 is 12.1 Å². The molecule has 3 saturated heterocycles. The normalized spacial score (nSPS) is 24.8. The Kier molecular flexibility index (Phi) is 15.2. The van der Waals surface area contributed by atoms with Crippen molar-refractivity contribution in [2.24, 2.45) is 11.8 Å². The van der Waals surface area contributed by atoms with Gasteiger partial charge >= 0.3 is 0 Å². The van der Waals surface area contributed by atoms with Gasteiger partial charge in [0, 0.05) is 31.9 Å². The number of aliphatic hydroxyl groups is 2. The summed E-state index contributed by atoms with van der Waals surface area (Å²) < 4.78 is 14.1. The van der Waals surface area contributed by atoms with Crippen LogP contribution in [-0.2, 0) is 19.9 Å². The van der Waals surface area contributed by atoms with Crippen molar-refractivity contribution in [2.45, 2.75) is 102 Å². The second-order valence-electron chi connectivity index (χ2n) is 14.3. The van der Waals surface area contributed by atoms with E-state index in [0.717, 1.165) is 55.1 Å². The van der Waals surface area contributed by atoms with Gasteiger partial charge < -0.3 is 51.6 Å². The highest BCUT2D eigenvalue weighted by Crippen LogP contribution is 2.42. The summed E-state index contributed by atoms with van der Waals surface area (Å²) in [5.41, 5.74) is 0.986. The number of carbonyl (C=O) groups is 1. The lowest BCUT2D eigenvalue weighted by Crippen LogP contribution is -3.00. The number of halogens is 1. The molecule has 1 saturated carbocycles. The van der Waals surface area contributed by atoms with Crippen molar-refractivity contribution in [3.05, 3.63) is 59.7 Å². The molecule has 3 heterocycles. The van der Waals surface area contributed by atoms with Gasteiger partial charge in [0.15, 0.2) is 0 Å². The Balaban J connectivity index is 0.00000520. The number of piperidine rings is 3. The molecule has 1 amide bonds. The van der Waals surface area contributed by atoms with Crippen LogP contribution in [0, 0.1) is 11.8 Å². The van der Waals surface area contributed by atoms with Gasteiger partial charge in [-0.05, 0) is 67.7 Å². The number of anilines is 1. The van der Waals surface area contributed by atoms with Gasteiger partial charge in [-0.25, -0.2) is 0 Å². The maximum atomic E-state index is 12.0. The monoisotopic (exact) mass is 731 g/mol. The molecule has 2 aromatic rings. The molecular weight excluding hydrogens is 674 g/mol. The summed E-state index contributed by atoms with van der Waals surface area (Å²) >= 11 is 0. The summed E-state index contributed by atoms with van der Waals surface area (Å²) in [6, 6.07) is 14.9. The van der Waals surface area contributed by atoms with E-state index < -0.39 is 11.7 Å². The van der Waals surface area contributed by atoms with Crippen LogP contribution >= 0.6 is 0 Å². The molecule has 4 fully saturated rings. The second kappa shape index (κ2) is 18.8. The predicted molar refractivity (Wildman–Crippen MR) is 184 cm³/mol. The first kappa shape index (κ1) is 38.7. The van der Waals surface area contributed by atoms with Crippen molar-refractivity contribution < 1.29 is 51.1 Å². The van der Waals surface area contributed by atoms with Gasteiger partial charge in [0.25, 0.3) is 0 Å². The van der Waals surface area contributed by atoms with E-state index in [9.17, 15) is 20.1 Å². The minimum atomic E-state index is -0.902. The molecule has 2 bridgehead atoms. The number of aromatic hydroxyl groups is 1. The van der Waals surface area contributed by atoms with Crippen molar-refractivity contribution in [3.8, 4) is 5.75 Å². The SMILES string of the molecule is CCCC(NC[C@H](O)c1ccc(O)c(NC=O)c1)OCCCCC[N+]12CCC(CC1)[C@@H](OC[C@@](O)(c1ccccc1)C1CCCC1)C2.[Br-]. The lowest BCUT2D eigenvalue weighted by Gasteiger charge is -2.53. The Bertz CT molecular complexity index is 1240. The number of nitrogens with one attached hydrogen (secondary N) is 2. The molecule has 10 heteroatoms. The number of benzene rings is 2. The largest absolute Gasteiger partial charge is 1.00 e. The number of nitrogens with zero attached hydrogens (tertiary/aromatic N) is 1. The zero-order valence-corrected chi connectivity index (χ0v) is 30.3. The van der Waals surface area contributed by atoms with Gasteiger partial charge in [0.2, 0.25) is 6.41 Å². The van der Waals surface area contributed by atoms with Crippen molar-refractivity contribution in [3.63, 3.8) is 0 Å². The van der Waals surface area contributed by atoms with E-state index in [1.807, 2.05) is 18.2 Å². The van der Waals surface area contributed by atoms with Gasteiger partial charge in [0.05, 0.1) is 38.0 Å². The van der Waals surface area contributed by atoms with E-state index >= 15 is 0 Å². The molecule has 5 N–H and O–H groups in total. The Morgan fingerprint density at radius 2 is 1.79 bits per heavy atom. The van der Waals surface area contributed by atoms with Gasteiger partial charge in [0.1, 0.15) is 30.2 Å². The fraction of sp³-hybridized carbons (Fsp3) is 0.658. The molecule has 268 valence electrons. The summed E-state index contributed by atoms with van der Waals surface area (Å²) in [5.74, 6) is 0.840. The number of fused-ring (bicyclic) bond motifs is 3. The van der Waals surface area contributed by atoms with Gasteiger partial charge in [-0.3, -0.25) is 10.1 Å². The van der Waals surface area contributed by atoms with Crippen LogP contribution in [0.5, 0.6) is 5.75 Å². The first-order valence-electron chi connectivity index (χ1n) is 18.2. The third kappa shape index (κ3) is 10.0. The molecule has 0 radical (unpaired) electrons. The molecule has 0 aromatic heterocycles. The summed E-state index contributed by atoms with van der Waals surface area (Å²) in [5, 5.41) is 38.4. The van der Waals surface area contributed by atoms with Crippen LogP contribution in [0.1, 0.15) is 94.8 Å². The molecule has 4 aliphatic rings. The number of hydrogen-bond acceptors (Lipinski definition) is 7. The molecule has 1 unspecified atom stereocenters. The lowest BCUT2D eigenvalue weighted by atomic mass is 9.80. The van der Waals surface area contributed by atoms with Crippen molar-refractivity contribution in [2.75, 3.05) is 51.3 Å². The molecule has 6 rings (SSSR count). The number of rotatable bonds is 20. The first-order chi connectivity index (χ1) is 22.9. The van der Waals surface area contributed by atoms with Crippen LogP contribution in [0.2, 0.25) is 0 Å². The fourth-order valence-corrected chi connectivity index (χ4v) is 8.28. The Hall–Kier alpha value is -2.05. The standard InChI is InChI=1S/C38H57N3O6.BrH/c1-2-11-37(39-25-35(44)30-16-17-34(43)33(24-30)40-28-42)46-23-10-4-9-20-41-21-18-29(19-22-41)36(26-41)47-27-38(45,32-14-7-8-15-32)31-12-5-3-6-13-31;/h3,5-6,12-13,16-17,24,28-29,32,35-37,39,44-45H,2,4,7-11,14-15,18-23,25-27H2,1H3,(H-,40,42,43);1H/t29?,35-,36-,37?,38+,41?;/m0./s1. The molecule has 1 aliphatic carbocycles. The van der Waals surface area contributed by atoms with Crippen LogP contribution in [-0.4, -0.2) is 84.5 Å². The lowest BCUT2D eigenvalue weighted by molar-refractivity contribution is -0.946. The summed E-state index contributed by atoms with van der Waals surface area (Å²) in [6.45, 7) is 8.23. The van der Waals surface area contributed by atoms with Crippen LogP contribution < -0.4 is 27.6 Å². The number of unbranched alkanes of at least 4 members (excludes halogenated alkanes) is 2. The number of quaternary nitrogens is 1. The fourth-order valence-electron chi connectivity index (χ4n) is 8.28. The second-order valence-corrected chi connectivity index (χ2v) is 14.3. The minimum Gasteiger partial charge on any atom is -1.00 e. The Morgan fingerprint density at radius 3 is 2.50 bits per heavy atom. The zero-order valence-electron chi connectivity index (χ0n) is 28.7. The number of phenols is 1. The van der Waals surface area contributed by atoms with Crippen LogP contribution in [0.25, 0.3) is 0 Å². The Labute approximate surface area is 297 Å². The topological polar surface area (TPSA) is 120 Å². The van der Waals surface area contributed by atoms with Crippen molar-refractivity contribution in [1.82, 2.24) is 5.32 Å². The maximum Gasteiger partial charge on any atom is 0.211 e. The van der Waals surface area contributed by atoms with Crippen LogP contribution in [0.4, 0.5) is 5.69 Å². The number of hydrogen-bond donors (Lipinski definition) is 5. The summed E-state index contributed by atoms with van der Waals surface area (Å²) in [6.07, 6.45) is 11.9. The van der Waals surface area contributed by atoms with Gasteiger partial charge in [-0.1, -0.05) is 62.6 Å². The third-order valence-corrected chi connectivity index (χ3v) is 11.2. The highest BCUT2D eigenvalue weighted by molar-refractivity contribution is 5.75. The highest BCUT2D eigenvalue weighted by atomic mass is 79.9. The zero-order chi connectivity index (χ0) is 33.1. The Morgan fingerprint density at radius 1 is 1.04 bits per heavy atom. The smallest absolute Gasteiger partial charge is 0.211 e. The first-order valence-corrected chi connectivity index (χ1v) is 18.2. The number of amides is 1. The minimum absolute atomic E-state index is 0. The van der Waals surface area contributed by atoms with E-state index in [1.54, 1.807) is 12.1 Å². The molecule has 3 aliphatic heterocycles. The number of ether oxygens (including phenoxy) is 2. The maximum absolute atomic E-state index is 12.0. The number of phenolic OH excluding ortho intramolecular Hbond substituents is 1. The van der Waals surface area contributed by atoms with E-state index in [-0.39, 0.29) is 46.7 Å². The molecule has 9 nitrogen and oxygen atoms in total. The van der Waals surface area contributed by atoms with E-state index in [0.29, 0.717) is 37.6 Å². The highest BCUT2D eigenvalue weighted by Gasteiger charge is 2.48. The average molecular weight is 733 g/mol. The molecule has 48 heavy (non-hydrogen) atoms. The van der Waals surface area contributed by atoms with Crippen molar-refractivity contribution in [1.29, 1.82) is 0 Å². The van der Waals surface area contributed by atoms with Crippen LogP contribution in [0.3, 0.4) is 0 Å². The summed E-state index contributed by atoms with van der Waals surface area (Å²) in [7, 11) is 0. The molecule has 0 spiro atoms. The van der Waals surface area contributed by atoms with E-state index in [1.165, 1.54) is 57.8 Å². The number of aliphatic hydroxyl groups excluding tert-OH is 1. The van der Waals surface area contributed by atoms with Gasteiger partial charge in [-0.2, -0.15) is 0 Å². The molecular formula is C38H58BrN3O6. The average Bonchev–Trinajstić information content (AvgIpc) is 3.65.